The Bertz CT molecular complexity index is 1490. The first kappa shape index (κ1) is 22.3. The van der Waals surface area contributed by atoms with Gasteiger partial charge in [0, 0.05) is 15.5 Å². The number of nitrogens with one attached hydrogen (secondary N) is 1. The molecule has 0 atom stereocenters. The molecule has 0 unspecified atom stereocenters. The highest BCUT2D eigenvalue weighted by atomic mass is 32.1. The highest BCUT2D eigenvalue weighted by Crippen LogP contribution is 2.37. The molecule has 5 aromatic rings. The van der Waals surface area contributed by atoms with E-state index in [-0.39, 0.29) is 5.91 Å². The molecule has 170 valence electrons. The number of ether oxygens (including phenoxy) is 1. The van der Waals surface area contributed by atoms with Crippen LogP contribution in [-0.2, 0) is 4.74 Å². The zero-order chi connectivity index (χ0) is 23.5. The van der Waals surface area contributed by atoms with E-state index in [0.717, 1.165) is 44.4 Å². The molecule has 0 saturated carbocycles. The van der Waals surface area contributed by atoms with E-state index in [1.807, 2.05) is 79.0 Å². The number of para-hydroxylation sites is 1. The molecular weight excluding hydrogens is 464 g/mol. The fraction of sp³-hybridized carbons (Fsp3) is 0.148. The van der Waals surface area contributed by atoms with Gasteiger partial charge in [-0.3, -0.25) is 4.79 Å². The first-order valence-corrected chi connectivity index (χ1v) is 12.8. The lowest BCUT2D eigenvalue weighted by Crippen LogP contribution is -2.15. The van der Waals surface area contributed by atoms with E-state index in [4.69, 9.17) is 9.72 Å². The molecule has 1 N–H and O–H groups in total. The average molecular weight is 487 g/mol. The monoisotopic (exact) mass is 486 g/mol. The molecule has 1 amide bonds. The fourth-order valence-electron chi connectivity index (χ4n) is 3.80. The molecule has 0 aliphatic carbocycles. The largest absolute Gasteiger partial charge is 0.462 e. The average Bonchev–Trinajstić information content (AvgIpc) is 3.51. The Hall–Kier alpha value is -3.55. The molecule has 0 spiro atoms. The molecule has 5 nitrogen and oxygen atoms in total. The number of unbranched alkanes of at least 4 members (excludes halogenated alkanes) is 1. The molecular formula is C27H22N2O3S2. The van der Waals surface area contributed by atoms with Crippen molar-refractivity contribution in [3.63, 3.8) is 0 Å². The van der Waals surface area contributed by atoms with Gasteiger partial charge in [0.2, 0.25) is 0 Å². The van der Waals surface area contributed by atoms with Gasteiger partial charge in [0.25, 0.3) is 5.91 Å². The third kappa shape index (κ3) is 4.32. The minimum Gasteiger partial charge on any atom is -0.462 e. The van der Waals surface area contributed by atoms with Gasteiger partial charge >= 0.3 is 5.97 Å². The van der Waals surface area contributed by atoms with Crippen molar-refractivity contribution < 1.29 is 14.3 Å². The third-order valence-corrected chi connectivity index (χ3v) is 7.47. The van der Waals surface area contributed by atoms with E-state index in [1.165, 1.54) is 11.3 Å². The summed E-state index contributed by atoms with van der Waals surface area (Å²) >= 11 is 2.95. The van der Waals surface area contributed by atoms with Gasteiger partial charge in [0.15, 0.2) is 0 Å². The fourth-order valence-corrected chi connectivity index (χ4v) is 5.57. The summed E-state index contributed by atoms with van der Waals surface area (Å²) < 4.78 is 6.42. The van der Waals surface area contributed by atoms with Crippen molar-refractivity contribution in [3.8, 4) is 10.6 Å². The number of thiophene rings is 2. The first-order valence-electron chi connectivity index (χ1n) is 11.1. The normalized spacial score (nSPS) is 11.1. The predicted octanol–water partition coefficient (Wildman–Crippen LogP) is 7.39. The lowest BCUT2D eigenvalue weighted by molar-refractivity contribution is 0.0503. The summed E-state index contributed by atoms with van der Waals surface area (Å²) in [6, 6.07) is 21.0. The van der Waals surface area contributed by atoms with Crippen molar-refractivity contribution in [3.05, 3.63) is 83.2 Å². The molecule has 5 rings (SSSR count). The van der Waals surface area contributed by atoms with E-state index in [0.29, 0.717) is 22.7 Å². The van der Waals surface area contributed by atoms with Crippen LogP contribution in [0.25, 0.3) is 31.6 Å². The number of anilines is 1. The molecule has 0 bridgehead atoms. The maximum atomic E-state index is 13.6. The molecule has 0 saturated heterocycles. The Morgan fingerprint density at radius 1 is 1.00 bits per heavy atom. The Balaban J connectivity index is 1.56. The lowest BCUT2D eigenvalue weighted by atomic mass is 10.1. The highest BCUT2D eigenvalue weighted by Gasteiger charge is 2.23. The van der Waals surface area contributed by atoms with Crippen molar-refractivity contribution in [2.45, 2.75) is 19.8 Å². The molecule has 0 fully saturated rings. The van der Waals surface area contributed by atoms with Crippen molar-refractivity contribution in [2.24, 2.45) is 0 Å². The van der Waals surface area contributed by atoms with Gasteiger partial charge in [-0.25, -0.2) is 9.78 Å². The van der Waals surface area contributed by atoms with Gasteiger partial charge in [-0.2, -0.15) is 0 Å². The summed E-state index contributed by atoms with van der Waals surface area (Å²) in [7, 11) is 0. The van der Waals surface area contributed by atoms with Crippen LogP contribution < -0.4 is 5.32 Å². The molecule has 34 heavy (non-hydrogen) atoms. The van der Waals surface area contributed by atoms with Crippen LogP contribution in [0.5, 0.6) is 0 Å². The van der Waals surface area contributed by atoms with Crippen LogP contribution in [0.3, 0.4) is 0 Å². The lowest BCUT2D eigenvalue weighted by Gasteiger charge is -2.11. The van der Waals surface area contributed by atoms with Gasteiger partial charge in [-0.1, -0.05) is 55.8 Å². The van der Waals surface area contributed by atoms with Crippen LogP contribution in [0.2, 0.25) is 0 Å². The van der Waals surface area contributed by atoms with Gasteiger partial charge < -0.3 is 10.1 Å². The second kappa shape index (κ2) is 9.75. The van der Waals surface area contributed by atoms with Crippen LogP contribution in [0.15, 0.2) is 72.1 Å². The van der Waals surface area contributed by atoms with Gasteiger partial charge in [-0.15, -0.1) is 22.7 Å². The molecule has 0 aliphatic rings. The number of rotatable bonds is 7. The quantitative estimate of drug-likeness (QED) is 0.192. The minimum atomic E-state index is -0.417. The van der Waals surface area contributed by atoms with Crippen molar-refractivity contribution in [1.82, 2.24) is 4.98 Å². The number of nitrogens with zero attached hydrogens (tertiary/aromatic N) is 1. The Kier molecular flexibility index (Phi) is 6.38. The van der Waals surface area contributed by atoms with Crippen molar-refractivity contribution in [1.29, 1.82) is 0 Å². The van der Waals surface area contributed by atoms with E-state index < -0.39 is 5.97 Å². The van der Waals surface area contributed by atoms with Gasteiger partial charge in [0.05, 0.1) is 28.3 Å². The summed E-state index contributed by atoms with van der Waals surface area (Å²) in [6.07, 6.45) is 1.73. The smallest absolute Gasteiger partial charge is 0.341 e. The number of hydrogen-bond acceptors (Lipinski definition) is 6. The number of esters is 1. The van der Waals surface area contributed by atoms with Crippen LogP contribution in [0, 0.1) is 0 Å². The predicted molar refractivity (Wildman–Crippen MR) is 140 cm³/mol. The third-order valence-electron chi connectivity index (χ3n) is 5.49. The van der Waals surface area contributed by atoms with E-state index in [9.17, 15) is 9.59 Å². The Morgan fingerprint density at radius 3 is 2.59 bits per heavy atom. The Morgan fingerprint density at radius 2 is 1.79 bits per heavy atom. The summed E-state index contributed by atoms with van der Waals surface area (Å²) in [5.74, 6) is -0.703. The van der Waals surface area contributed by atoms with E-state index >= 15 is 0 Å². The second-order valence-electron chi connectivity index (χ2n) is 7.80. The number of amides is 1. The second-order valence-corrected chi connectivity index (χ2v) is 9.80. The van der Waals surface area contributed by atoms with Crippen molar-refractivity contribution >= 4 is 60.5 Å². The molecule has 3 aromatic heterocycles. The summed E-state index contributed by atoms with van der Waals surface area (Å²) in [5, 5.41) is 7.02. The van der Waals surface area contributed by atoms with E-state index in [1.54, 1.807) is 11.3 Å². The number of aromatic nitrogens is 1. The number of benzene rings is 2. The minimum absolute atomic E-state index is 0.287. The zero-order valence-corrected chi connectivity index (χ0v) is 20.2. The van der Waals surface area contributed by atoms with Gasteiger partial charge in [0.1, 0.15) is 10.6 Å². The molecule has 0 aliphatic heterocycles. The Labute approximate surface area is 205 Å². The number of carbonyl (C=O) groups is 2. The molecule has 0 radical (unpaired) electrons. The number of hydrogen-bond donors (Lipinski definition) is 1. The standard InChI is InChI=1S/C27H22N2O3S2/c1-2-3-14-32-27(31)24-18-10-5-7-12-22(18)34-26(24)29-25(30)19-16-21(23-13-8-15-33-23)28-20-11-6-4-9-17(19)20/h4-13,15-16H,2-3,14H2,1H3,(H,29,30). The topological polar surface area (TPSA) is 68.3 Å². The SMILES string of the molecule is CCCCOC(=O)c1c(NC(=O)c2cc(-c3cccs3)nc3ccccc23)sc2ccccc12. The van der Waals surface area contributed by atoms with Crippen LogP contribution >= 0.6 is 22.7 Å². The maximum Gasteiger partial charge on any atom is 0.341 e. The van der Waals surface area contributed by atoms with Crippen LogP contribution in [0.4, 0.5) is 5.00 Å². The molecule has 7 heteroatoms. The van der Waals surface area contributed by atoms with Gasteiger partial charge in [-0.05, 0) is 36.1 Å². The first-order chi connectivity index (χ1) is 16.7. The van der Waals surface area contributed by atoms with Crippen molar-refractivity contribution in [2.75, 3.05) is 11.9 Å². The zero-order valence-electron chi connectivity index (χ0n) is 18.5. The van der Waals surface area contributed by atoms with E-state index in [2.05, 4.69) is 5.32 Å². The number of pyridine rings is 1. The summed E-state index contributed by atoms with van der Waals surface area (Å²) in [6.45, 7) is 2.40. The van der Waals surface area contributed by atoms with Crippen LogP contribution in [-0.4, -0.2) is 23.5 Å². The summed E-state index contributed by atoms with van der Waals surface area (Å²) in [5.41, 5.74) is 2.40. The number of carbonyl (C=O) groups excluding carboxylic acids is 2. The van der Waals surface area contributed by atoms with Crippen LogP contribution in [0.1, 0.15) is 40.5 Å². The number of fused-ring (bicyclic) bond motifs is 2. The highest BCUT2D eigenvalue weighted by molar-refractivity contribution is 7.23. The summed E-state index contributed by atoms with van der Waals surface area (Å²) in [4.78, 5) is 32.3. The maximum absolute atomic E-state index is 13.6. The molecule has 2 aromatic carbocycles. The molecule has 3 heterocycles.